The van der Waals surface area contributed by atoms with E-state index in [-0.39, 0.29) is 0 Å². The van der Waals surface area contributed by atoms with Crippen molar-refractivity contribution in [2.45, 2.75) is 25.9 Å². The van der Waals surface area contributed by atoms with Crippen molar-refractivity contribution in [1.29, 1.82) is 0 Å². The van der Waals surface area contributed by atoms with Gasteiger partial charge in [-0.05, 0) is 41.4 Å². The molecule has 0 aromatic carbocycles. The van der Waals surface area contributed by atoms with Gasteiger partial charge in [0.2, 0.25) is 0 Å². The highest BCUT2D eigenvalue weighted by Gasteiger charge is 2.16. The minimum Gasteiger partial charge on any atom is -0.388 e. The second-order valence-electron chi connectivity index (χ2n) is 3.57. The summed E-state index contributed by atoms with van der Waals surface area (Å²) in [6.45, 7) is 4.27. The predicted molar refractivity (Wildman–Crippen MR) is 61.3 cm³/mol. The summed E-state index contributed by atoms with van der Waals surface area (Å²) in [6, 6.07) is 3.78. The summed E-state index contributed by atoms with van der Waals surface area (Å²) in [5.74, 6) is 0.780. The van der Waals surface area contributed by atoms with Crippen LogP contribution in [0.1, 0.15) is 20.3 Å². The number of aliphatic hydroxyl groups is 1. The maximum absolute atomic E-state index is 9.74. The van der Waals surface area contributed by atoms with Crippen LogP contribution in [0.15, 0.2) is 22.8 Å². The van der Waals surface area contributed by atoms with Crippen LogP contribution in [-0.4, -0.2) is 22.2 Å². The fraction of sp³-hybridized carbons (Fsp3) is 0.500. The van der Waals surface area contributed by atoms with E-state index in [1.54, 1.807) is 13.1 Å². The smallest absolute Gasteiger partial charge is 0.126 e. The van der Waals surface area contributed by atoms with Crippen molar-refractivity contribution < 1.29 is 5.11 Å². The van der Waals surface area contributed by atoms with Gasteiger partial charge >= 0.3 is 0 Å². The van der Waals surface area contributed by atoms with E-state index >= 15 is 0 Å². The van der Waals surface area contributed by atoms with E-state index in [0.717, 1.165) is 16.7 Å². The zero-order valence-electron chi connectivity index (χ0n) is 8.42. The number of hydrogen-bond acceptors (Lipinski definition) is 3. The van der Waals surface area contributed by atoms with Gasteiger partial charge in [0.25, 0.3) is 0 Å². The van der Waals surface area contributed by atoms with Crippen LogP contribution >= 0.6 is 15.9 Å². The molecule has 0 aliphatic carbocycles. The number of pyridine rings is 1. The monoisotopic (exact) mass is 258 g/mol. The second kappa shape index (κ2) is 4.75. The molecule has 0 aliphatic rings. The minimum absolute atomic E-state index is 0.512. The van der Waals surface area contributed by atoms with E-state index in [2.05, 4.69) is 26.2 Å². The molecule has 3 nitrogen and oxygen atoms in total. The summed E-state index contributed by atoms with van der Waals surface area (Å²) in [7, 11) is 0. The average Bonchev–Trinajstić information content (AvgIpc) is 2.17. The van der Waals surface area contributed by atoms with Gasteiger partial charge in [-0.1, -0.05) is 6.92 Å². The van der Waals surface area contributed by atoms with Crippen molar-refractivity contribution in [2.24, 2.45) is 0 Å². The quantitative estimate of drug-likeness (QED) is 0.872. The molecule has 0 spiro atoms. The largest absolute Gasteiger partial charge is 0.388 e. The third kappa shape index (κ3) is 3.64. The summed E-state index contributed by atoms with van der Waals surface area (Å²) in [5, 5.41) is 12.8. The molecule has 0 saturated heterocycles. The van der Waals surface area contributed by atoms with Gasteiger partial charge in [0.1, 0.15) is 5.82 Å². The van der Waals surface area contributed by atoms with Crippen LogP contribution in [-0.2, 0) is 0 Å². The lowest BCUT2D eigenvalue weighted by Crippen LogP contribution is -2.32. The minimum atomic E-state index is -0.672. The summed E-state index contributed by atoms with van der Waals surface area (Å²) < 4.78 is 0.949. The van der Waals surface area contributed by atoms with Gasteiger partial charge in [-0.15, -0.1) is 0 Å². The Morgan fingerprint density at radius 3 is 2.79 bits per heavy atom. The van der Waals surface area contributed by atoms with Crippen molar-refractivity contribution in [2.75, 3.05) is 11.9 Å². The van der Waals surface area contributed by atoms with Crippen LogP contribution in [0.5, 0.6) is 0 Å². The van der Waals surface area contributed by atoms with Crippen LogP contribution in [0.3, 0.4) is 0 Å². The van der Waals surface area contributed by atoms with E-state index in [0.29, 0.717) is 6.54 Å². The number of hydrogen-bond donors (Lipinski definition) is 2. The highest BCUT2D eigenvalue weighted by molar-refractivity contribution is 9.10. The SMILES string of the molecule is CCC(C)(O)CNc1ccc(Br)cn1. The van der Waals surface area contributed by atoms with Gasteiger partial charge in [-0.2, -0.15) is 0 Å². The van der Waals surface area contributed by atoms with Crippen molar-refractivity contribution in [3.8, 4) is 0 Å². The summed E-state index contributed by atoms with van der Waals surface area (Å²) in [5.41, 5.74) is -0.672. The van der Waals surface area contributed by atoms with Crippen molar-refractivity contribution in [3.63, 3.8) is 0 Å². The van der Waals surface area contributed by atoms with E-state index in [1.165, 1.54) is 0 Å². The fourth-order valence-corrected chi connectivity index (χ4v) is 1.12. The van der Waals surface area contributed by atoms with Crippen LogP contribution in [0.4, 0.5) is 5.82 Å². The third-order valence-corrected chi connectivity index (χ3v) is 2.61. The molecular weight excluding hydrogens is 244 g/mol. The maximum atomic E-state index is 9.74. The zero-order valence-corrected chi connectivity index (χ0v) is 10.0. The summed E-state index contributed by atoms with van der Waals surface area (Å²) in [4.78, 5) is 4.15. The molecule has 1 rings (SSSR count). The summed E-state index contributed by atoms with van der Waals surface area (Å²) >= 11 is 3.31. The molecule has 4 heteroatoms. The Hall–Kier alpha value is -0.610. The number of halogens is 1. The molecule has 1 heterocycles. The molecule has 2 N–H and O–H groups in total. The lowest BCUT2D eigenvalue weighted by atomic mass is 10.0. The topological polar surface area (TPSA) is 45.1 Å². The van der Waals surface area contributed by atoms with Crippen LogP contribution in [0.2, 0.25) is 0 Å². The first kappa shape index (κ1) is 11.5. The second-order valence-corrected chi connectivity index (χ2v) is 4.48. The highest BCUT2D eigenvalue weighted by atomic mass is 79.9. The zero-order chi connectivity index (χ0) is 10.6. The Bertz CT molecular complexity index is 285. The number of nitrogens with zero attached hydrogens (tertiary/aromatic N) is 1. The molecule has 0 amide bonds. The number of rotatable bonds is 4. The lowest BCUT2D eigenvalue weighted by molar-refractivity contribution is 0.0696. The van der Waals surface area contributed by atoms with Gasteiger partial charge < -0.3 is 10.4 Å². The third-order valence-electron chi connectivity index (χ3n) is 2.14. The fourth-order valence-electron chi connectivity index (χ4n) is 0.886. The molecule has 1 unspecified atom stereocenters. The predicted octanol–water partition coefficient (Wildman–Crippen LogP) is 2.42. The molecule has 14 heavy (non-hydrogen) atoms. The standard InChI is InChI=1S/C10H15BrN2O/c1-3-10(2,14)7-13-9-5-4-8(11)6-12-9/h4-6,14H,3,7H2,1-2H3,(H,12,13). The average molecular weight is 259 g/mol. The Kier molecular flexibility index (Phi) is 3.89. The molecule has 1 atom stereocenters. The Labute approximate surface area is 92.7 Å². The number of nitrogens with one attached hydrogen (secondary N) is 1. The van der Waals surface area contributed by atoms with Gasteiger partial charge in [-0.25, -0.2) is 4.98 Å². The molecule has 0 saturated carbocycles. The van der Waals surface area contributed by atoms with E-state index in [9.17, 15) is 5.11 Å². The highest BCUT2D eigenvalue weighted by Crippen LogP contribution is 2.13. The molecular formula is C10H15BrN2O. The Balaban J connectivity index is 2.50. The van der Waals surface area contributed by atoms with E-state index in [4.69, 9.17) is 0 Å². The van der Waals surface area contributed by atoms with Crippen molar-refractivity contribution >= 4 is 21.7 Å². The Morgan fingerprint density at radius 1 is 1.57 bits per heavy atom. The molecule has 0 radical (unpaired) electrons. The normalized spacial score (nSPS) is 14.9. The molecule has 1 aromatic heterocycles. The maximum Gasteiger partial charge on any atom is 0.126 e. The molecule has 0 fully saturated rings. The van der Waals surface area contributed by atoms with Crippen molar-refractivity contribution in [1.82, 2.24) is 4.98 Å². The lowest BCUT2D eigenvalue weighted by Gasteiger charge is -2.21. The summed E-state index contributed by atoms with van der Waals surface area (Å²) in [6.07, 6.45) is 2.44. The molecule has 1 aromatic rings. The first-order valence-electron chi connectivity index (χ1n) is 4.61. The van der Waals surface area contributed by atoms with Crippen molar-refractivity contribution in [3.05, 3.63) is 22.8 Å². The molecule has 78 valence electrons. The number of aromatic nitrogens is 1. The van der Waals surface area contributed by atoms with E-state index in [1.807, 2.05) is 19.1 Å². The van der Waals surface area contributed by atoms with Gasteiger partial charge in [-0.3, -0.25) is 0 Å². The molecule has 0 bridgehead atoms. The number of anilines is 1. The molecule has 0 aliphatic heterocycles. The van der Waals surface area contributed by atoms with Crippen LogP contribution in [0.25, 0.3) is 0 Å². The van der Waals surface area contributed by atoms with E-state index < -0.39 is 5.60 Å². The first-order valence-corrected chi connectivity index (χ1v) is 5.40. The Morgan fingerprint density at radius 2 is 2.29 bits per heavy atom. The van der Waals surface area contributed by atoms with Gasteiger partial charge in [0.15, 0.2) is 0 Å². The van der Waals surface area contributed by atoms with Gasteiger partial charge in [0.05, 0.1) is 5.60 Å². The first-order chi connectivity index (χ1) is 6.53. The van der Waals surface area contributed by atoms with Crippen LogP contribution in [0, 0.1) is 0 Å². The van der Waals surface area contributed by atoms with Crippen LogP contribution < -0.4 is 5.32 Å². The van der Waals surface area contributed by atoms with Gasteiger partial charge in [0, 0.05) is 17.2 Å².